The molecule has 3 rings (SSSR count). The van der Waals surface area contributed by atoms with E-state index in [1.807, 2.05) is 18.3 Å². The summed E-state index contributed by atoms with van der Waals surface area (Å²) < 4.78 is 0. The lowest BCUT2D eigenvalue weighted by molar-refractivity contribution is 0.567. The summed E-state index contributed by atoms with van der Waals surface area (Å²) in [5.41, 5.74) is 1.11. The van der Waals surface area contributed by atoms with E-state index in [1.54, 1.807) is 0 Å². The van der Waals surface area contributed by atoms with Crippen molar-refractivity contribution in [1.29, 1.82) is 0 Å². The molecular formula is C12H15ClN2. The normalized spacial score (nSPS) is 20.7. The lowest BCUT2D eigenvalue weighted by Crippen LogP contribution is -2.24. The maximum absolute atomic E-state index is 5.76. The summed E-state index contributed by atoms with van der Waals surface area (Å²) in [4.78, 5) is 4.09. The Morgan fingerprint density at radius 3 is 2.33 bits per heavy atom. The molecule has 0 radical (unpaired) electrons. The van der Waals surface area contributed by atoms with Gasteiger partial charge in [-0.3, -0.25) is 0 Å². The zero-order chi connectivity index (χ0) is 10.3. The molecule has 0 aliphatic heterocycles. The predicted molar refractivity (Wildman–Crippen MR) is 62.1 cm³/mol. The number of hydrogen-bond acceptors (Lipinski definition) is 2. The van der Waals surface area contributed by atoms with Gasteiger partial charge in [-0.1, -0.05) is 11.6 Å². The number of nitrogens with zero attached hydrogens (tertiary/aromatic N) is 1. The van der Waals surface area contributed by atoms with Crippen LogP contribution in [-0.4, -0.2) is 11.0 Å². The fourth-order valence-corrected chi connectivity index (χ4v) is 2.30. The minimum atomic E-state index is 0.565. The Bertz CT molecular complexity index is 329. The van der Waals surface area contributed by atoms with Crippen molar-refractivity contribution in [2.45, 2.75) is 31.7 Å². The number of nitrogens with one attached hydrogen (secondary N) is 1. The molecule has 80 valence electrons. The van der Waals surface area contributed by atoms with Gasteiger partial charge in [-0.2, -0.15) is 0 Å². The minimum Gasteiger partial charge on any atom is -0.381 e. The first kappa shape index (κ1) is 9.46. The van der Waals surface area contributed by atoms with Gasteiger partial charge in [-0.05, 0) is 49.7 Å². The summed E-state index contributed by atoms with van der Waals surface area (Å²) in [5, 5.41) is 4.17. The number of aromatic nitrogens is 1. The van der Waals surface area contributed by atoms with Crippen LogP contribution in [0.1, 0.15) is 25.7 Å². The van der Waals surface area contributed by atoms with E-state index in [4.69, 9.17) is 11.6 Å². The van der Waals surface area contributed by atoms with E-state index in [0.29, 0.717) is 11.2 Å². The standard InChI is InChI=1S/C12H15ClN2/c13-11-6-5-10(7-14-11)15-12(8-1-2-8)9-3-4-9/h5-9,12,15H,1-4H2. The Kier molecular flexibility index (Phi) is 2.32. The predicted octanol–water partition coefficient (Wildman–Crippen LogP) is 3.34. The molecule has 0 amide bonds. The monoisotopic (exact) mass is 222 g/mol. The molecule has 0 unspecified atom stereocenters. The second kappa shape index (κ2) is 3.67. The molecule has 0 bridgehead atoms. The SMILES string of the molecule is Clc1ccc(NC(C2CC2)C2CC2)cn1. The van der Waals surface area contributed by atoms with Crippen molar-refractivity contribution in [3.63, 3.8) is 0 Å². The largest absolute Gasteiger partial charge is 0.381 e. The van der Waals surface area contributed by atoms with Crippen LogP contribution in [0.25, 0.3) is 0 Å². The zero-order valence-electron chi connectivity index (χ0n) is 8.62. The molecule has 2 saturated carbocycles. The topological polar surface area (TPSA) is 24.9 Å². The molecule has 1 N–H and O–H groups in total. The number of rotatable bonds is 4. The Hall–Kier alpha value is -0.760. The summed E-state index contributed by atoms with van der Waals surface area (Å²) in [7, 11) is 0. The van der Waals surface area contributed by atoms with Crippen LogP contribution in [0.2, 0.25) is 5.15 Å². The first-order valence-corrected chi connectivity index (χ1v) is 6.09. The van der Waals surface area contributed by atoms with E-state index in [2.05, 4.69) is 10.3 Å². The quantitative estimate of drug-likeness (QED) is 0.791. The summed E-state index contributed by atoms with van der Waals surface area (Å²) in [6, 6.07) is 4.56. The van der Waals surface area contributed by atoms with Crippen molar-refractivity contribution < 1.29 is 0 Å². The number of pyridine rings is 1. The first-order valence-electron chi connectivity index (χ1n) is 5.71. The second-order valence-corrected chi connectivity index (χ2v) is 5.10. The van der Waals surface area contributed by atoms with Crippen molar-refractivity contribution >= 4 is 17.3 Å². The maximum Gasteiger partial charge on any atom is 0.129 e. The molecular weight excluding hydrogens is 208 g/mol. The van der Waals surface area contributed by atoms with Crippen LogP contribution in [-0.2, 0) is 0 Å². The number of anilines is 1. The van der Waals surface area contributed by atoms with Gasteiger partial charge in [0.15, 0.2) is 0 Å². The van der Waals surface area contributed by atoms with Gasteiger partial charge in [0.1, 0.15) is 5.15 Å². The molecule has 15 heavy (non-hydrogen) atoms. The Morgan fingerprint density at radius 1 is 1.20 bits per heavy atom. The molecule has 2 aliphatic rings. The summed E-state index contributed by atoms with van der Waals surface area (Å²) >= 11 is 5.76. The zero-order valence-corrected chi connectivity index (χ0v) is 9.37. The molecule has 0 spiro atoms. The third kappa shape index (κ3) is 2.25. The molecule has 1 heterocycles. The van der Waals surface area contributed by atoms with Gasteiger partial charge in [0.05, 0.1) is 11.9 Å². The van der Waals surface area contributed by atoms with Gasteiger partial charge in [-0.25, -0.2) is 4.98 Å². The third-order valence-corrected chi connectivity index (χ3v) is 3.54. The van der Waals surface area contributed by atoms with Crippen molar-refractivity contribution in [3.8, 4) is 0 Å². The smallest absolute Gasteiger partial charge is 0.129 e. The van der Waals surface area contributed by atoms with E-state index in [-0.39, 0.29) is 0 Å². The highest BCUT2D eigenvalue weighted by Gasteiger charge is 2.41. The Labute approximate surface area is 95.0 Å². The minimum absolute atomic E-state index is 0.565. The summed E-state index contributed by atoms with van der Waals surface area (Å²) in [5.74, 6) is 1.82. The fourth-order valence-electron chi connectivity index (χ4n) is 2.18. The van der Waals surface area contributed by atoms with Crippen LogP contribution < -0.4 is 5.32 Å². The van der Waals surface area contributed by atoms with Crippen LogP contribution in [0.5, 0.6) is 0 Å². The van der Waals surface area contributed by atoms with Crippen LogP contribution in [0.3, 0.4) is 0 Å². The van der Waals surface area contributed by atoms with Gasteiger partial charge in [-0.15, -0.1) is 0 Å². The Morgan fingerprint density at radius 2 is 1.87 bits per heavy atom. The molecule has 2 aliphatic carbocycles. The molecule has 0 aromatic carbocycles. The summed E-state index contributed by atoms with van der Waals surface area (Å²) in [6.07, 6.45) is 7.43. The highest BCUT2D eigenvalue weighted by Crippen LogP contribution is 2.45. The number of hydrogen-bond donors (Lipinski definition) is 1. The molecule has 2 nitrogen and oxygen atoms in total. The van der Waals surface area contributed by atoms with Crippen LogP contribution in [0.4, 0.5) is 5.69 Å². The van der Waals surface area contributed by atoms with E-state index < -0.39 is 0 Å². The van der Waals surface area contributed by atoms with Crippen molar-refractivity contribution in [2.24, 2.45) is 11.8 Å². The van der Waals surface area contributed by atoms with Crippen LogP contribution in [0, 0.1) is 11.8 Å². The van der Waals surface area contributed by atoms with Gasteiger partial charge >= 0.3 is 0 Å². The lowest BCUT2D eigenvalue weighted by Gasteiger charge is -2.18. The van der Waals surface area contributed by atoms with Gasteiger partial charge in [0.25, 0.3) is 0 Å². The van der Waals surface area contributed by atoms with Crippen LogP contribution >= 0.6 is 11.6 Å². The maximum atomic E-state index is 5.76. The molecule has 3 heteroatoms. The lowest BCUT2D eigenvalue weighted by atomic mass is 10.1. The van der Waals surface area contributed by atoms with Crippen LogP contribution in [0.15, 0.2) is 18.3 Å². The van der Waals surface area contributed by atoms with Gasteiger partial charge in [0, 0.05) is 6.04 Å². The van der Waals surface area contributed by atoms with Crippen molar-refractivity contribution in [2.75, 3.05) is 5.32 Å². The van der Waals surface area contributed by atoms with E-state index in [9.17, 15) is 0 Å². The first-order chi connectivity index (χ1) is 7.33. The van der Waals surface area contributed by atoms with Crippen molar-refractivity contribution in [3.05, 3.63) is 23.5 Å². The van der Waals surface area contributed by atoms with Crippen molar-refractivity contribution in [1.82, 2.24) is 4.98 Å². The van der Waals surface area contributed by atoms with Gasteiger partial charge < -0.3 is 5.32 Å². The molecule has 0 saturated heterocycles. The highest BCUT2D eigenvalue weighted by atomic mass is 35.5. The molecule has 1 aromatic rings. The molecule has 1 aromatic heterocycles. The average Bonchev–Trinajstić information content (AvgIpc) is 3.11. The van der Waals surface area contributed by atoms with E-state index in [0.717, 1.165) is 17.5 Å². The third-order valence-electron chi connectivity index (χ3n) is 3.32. The fraction of sp³-hybridized carbons (Fsp3) is 0.583. The molecule has 2 fully saturated rings. The summed E-state index contributed by atoms with van der Waals surface area (Å²) in [6.45, 7) is 0. The second-order valence-electron chi connectivity index (χ2n) is 4.71. The van der Waals surface area contributed by atoms with E-state index in [1.165, 1.54) is 25.7 Å². The van der Waals surface area contributed by atoms with E-state index >= 15 is 0 Å². The van der Waals surface area contributed by atoms with Gasteiger partial charge in [0.2, 0.25) is 0 Å². The molecule has 0 atom stereocenters. The number of halogens is 1. The average molecular weight is 223 g/mol. The highest BCUT2D eigenvalue weighted by molar-refractivity contribution is 6.29. The Balaban J connectivity index is 1.69.